The van der Waals surface area contributed by atoms with Crippen molar-refractivity contribution in [3.05, 3.63) is 90.8 Å². The summed E-state index contributed by atoms with van der Waals surface area (Å²) < 4.78 is 5.31. The lowest BCUT2D eigenvalue weighted by molar-refractivity contribution is 0.415. The van der Waals surface area contributed by atoms with E-state index < -0.39 is 0 Å². The minimum Gasteiger partial charge on any atom is -0.497 e. The molecule has 144 valence electrons. The lowest BCUT2D eigenvalue weighted by Crippen LogP contribution is -2.05. The molecular formula is C23H21N5O. The van der Waals surface area contributed by atoms with Crippen LogP contribution >= 0.6 is 0 Å². The normalized spacial score (nSPS) is 10.4. The maximum atomic E-state index is 5.31. The summed E-state index contributed by atoms with van der Waals surface area (Å²) in [7, 11) is 1.65. The quantitative estimate of drug-likeness (QED) is 0.473. The van der Waals surface area contributed by atoms with Crippen molar-refractivity contribution in [1.82, 2.24) is 15.0 Å². The molecule has 0 radical (unpaired) electrons. The SMILES string of the molecule is COc1cccc(Nc2cc(NCc3cccnc3)nc(-c3ccccc3)n2)c1. The van der Waals surface area contributed by atoms with E-state index in [4.69, 9.17) is 9.72 Å². The Labute approximate surface area is 169 Å². The first-order valence-electron chi connectivity index (χ1n) is 9.28. The summed E-state index contributed by atoms with van der Waals surface area (Å²) in [6, 6.07) is 23.5. The van der Waals surface area contributed by atoms with Crippen LogP contribution in [0.5, 0.6) is 5.75 Å². The molecule has 0 aliphatic rings. The molecule has 0 saturated carbocycles. The van der Waals surface area contributed by atoms with Gasteiger partial charge in [0.15, 0.2) is 5.82 Å². The predicted octanol–water partition coefficient (Wildman–Crippen LogP) is 4.90. The number of methoxy groups -OCH3 is 1. The molecule has 0 fully saturated rings. The van der Waals surface area contributed by atoms with Crippen LogP contribution < -0.4 is 15.4 Å². The van der Waals surface area contributed by atoms with E-state index in [9.17, 15) is 0 Å². The summed E-state index contributed by atoms with van der Waals surface area (Å²) in [6.07, 6.45) is 3.60. The molecule has 0 atom stereocenters. The molecule has 2 heterocycles. The van der Waals surface area contributed by atoms with E-state index >= 15 is 0 Å². The average Bonchev–Trinajstić information content (AvgIpc) is 2.79. The van der Waals surface area contributed by atoms with E-state index in [0.717, 1.165) is 28.4 Å². The fourth-order valence-electron chi connectivity index (χ4n) is 2.86. The van der Waals surface area contributed by atoms with Crippen LogP contribution in [0, 0.1) is 0 Å². The minimum absolute atomic E-state index is 0.623. The number of nitrogens with zero attached hydrogens (tertiary/aromatic N) is 3. The molecule has 0 spiro atoms. The Morgan fingerprint density at radius 2 is 1.72 bits per heavy atom. The van der Waals surface area contributed by atoms with Crippen molar-refractivity contribution in [3.63, 3.8) is 0 Å². The third-order valence-electron chi connectivity index (χ3n) is 4.30. The van der Waals surface area contributed by atoms with E-state index in [1.807, 2.05) is 79.0 Å². The van der Waals surface area contributed by atoms with Crippen LogP contribution in [0.3, 0.4) is 0 Å². The maximum absolute atomic E-state index is 5.31. The molecule has 0 unspecified atom stereocenters. The van der Waals surface area contributed by atoms with Gasteiger partial charge >= 0.3 is 0 Å². The van der Waals surface area contributed by atoms with Crippen molar-refractivity contribution in [3.8, 4) is 17.1 Å². The number of hydrogen-bond acceptors (Lipinski definition) is 6. The van der Waals surface area contributed by atoms with Gasteiger partial charge in [-0.1, -0.05) is 42.5 Å². The predicted molar refractivity (Wildman–Crippen MR) is 115 cm³/mol. The Bertz CT molecular complexity index is 1070. The fraction of sp³-hybridized carbons (Fsp3) is 0.0870. The second-order valence-corrected chi connectivity index (χ2v) is 6.40. The van der Waals surface area contributed by atoms with Crippen LogP contribution in [-0.2, 0) is 6.54 Å². The highest BCUT2D eigenvalue weighted by Crippen LogP contribution is 2.24. The zero-order valence-electron chi connectivity index (χ0n) is 16.0. The largest absolute Gasteiger partial charge is 0.497 e. The maximum Gasteiger partial charge on any atom is 0.163 e. The van der Waals surface area contributed by atoms with Gasteiger partial charge in [0.2, 0.25) is 0 Å². The van der Waals surface area contributed by atoms with Crippen molar-refractivity contribution >= 4 is 17.3 Å². The highest BCUT2D eigenvalue weighted by atomic mass is 16.5. The summed E-state index contributed by atoms with van der Waals surface area (Å²) >= 11 is 0. The second-order valence-electron chi connectivity index (χ2n) is 6.40. The first-order chi connectivity index (χ1) is 14.3. The van der Waals surface area contributed by atoms with Crippen LogP contribution in [0.15, 0.2) is 85.2 Å². The summed E-state index contributed by atoms with van der Waals surface area (Å²) in [5.74, 6) is 2.85. The molecule has 6 heteroatoms. The van der Waals surface area contributed by atoms with Crippen molar-refractivity contribution in [2.75, 3.05) is 17.7 Å². The Morgan fingerprint density at radius 3 is 2.52 bits per heavy atom. The molecule has 2 aromatic carbocycles. The molecule has 0 aliphatic heterocycles. The molecule has 0 saturated heterocycles. The van der Waals surface area contributed by atoms with Crippen molar-refractivity contribution < 1.29 is 4.74 Å². The smallest absolute Gasteiger partial charge is 0.163 e. The van der Waals surface area contributed by atoms with E-state index in [1.165, 1.54) is 0 Å². The zero-order valence-corrected chi connectivity index (χ0v) is 16.0. The van der Waals surface area contributed by atoms with Gasteiger partial charge in [-0.2, -0.15) is 0 Å². The van der Waals surface area contributed by atoms with Crippen molar-refractivity contribution in [2.24, 2.45) is 0 Å². The van der Waals surface area contributed by atoms with Crippen LogP contribution in [0.25, 0.3) is 11.4 Å². The minimum atomic E-state index is 0.623. The fourth-order valence-corrected chi connectivity index (χ4v) is 2.86. The summed E-state index contributed by atoms with van der Waals surface area (Å²) in [4.78, 5) is 13.5. The lowest BCUT2D eigenvalue weighted by Gasteiger charge is -2.12. The molecule has 2 aromatic heterocycles. The Hall–Kier alpha value is -3.93. The van der Waals surface area contributed by atoms with Crippen molar-refractivity contribution in [2.45, 2.75) is 6.54 Å². The van der Waals surface area contributed by atoms with Crippen LogP contribution in [-0.4, -0.2) is 22.1 Å². The molecule has 4 aromatic rings. The summed E-state index contributed by atoms with van der Waals surface area (Å²) in [6.45, 7) is 0.623. The van der Waals surface area contributed by atoms with Gasteiger partial charge in [0.1, 0.15) is 17.4 Å². The molecule has 0 aliphatic carbocycles. The third-order valence-corrected chi connectivity index (χ3v) is 4.30. The lowest BCUT2D eigenvalue weighted by atomic mass is 10.2. The van der Waals surface area contributed by atoms with Gasteiger partial charge in [-0.05, 0) is 23.8 Å². The van der Waals surface area contributed by atoms with Gasteiger partial charge in [-0.15, -0.1) is 0 Å². The molecule has 29 heavy (non-hydrogen) atoms. The van der Waals surface area contributed by atoms with E-state index in [1.54, 1.807) is 13.3 Å². The molecule has 0 bridgehead atoms. The van der Waals surface area contributed by atoms with Crippen LogP contribution in [0.2, 0.25) is 0 Å². The highest BCUT2D eigenvalue weighted by Gasteiger charge is 2.08. The van der Waals surface area contributed by atoms with E-state index in [2.05, 4.69) is 20.6 Å². The highest BCUT2D eigenvalue weighted by molar-refractivity contribution is 5.65. The van der Waals surface area contributed by atoms with Gasteiger partial charge < -0.3 is 15.4 Å². The first kappa shape index (κ1) is 18.4. The standard InChI is InChI=1S/C23H21N5O/c1-29-20-11-5-10-19(13-20)26-22-14-21(25-16-17-7-6-12-24-15-17)27-23(28-22)18-8-3-2-4-9-18/h2-15H,16H2,1H3,(H2,25,26,27,28). The van der Waals surface area contributed by atoms with E-state index in [0.29, 0.717) is 18.2 Å². The van der Waals surface area contributed by atoms with Gasteiger partial charge in [0.25, 0.3) is 0 Å². The Kier molecular flexibility index (Phi) is 5.62. The first-order valence-corrected chi connectivity index (χ1v) is 9.28. The van der Waals surface area contributed by atoms with Gasteiger partial charge in [-0.25, -0.2) is 9.97 Å². The van der Waals surface area contributed by atoms with E-state index in [-0.39, 0.29) is 0 Å². The average molecular weight is 383 g/mol. The number of ether oxygens (including phenoxy) is 1. The third kappa shape index (κ3) is 4.87. The molecular weight excluding hydrogens is 362 g/mol. The topological polar surface area (TPSA) is 72.0 Å². The van der Waals surface area contributed by atoms with Crippen molar-refractivity contribution in [1.29, 1.82) is 0 Å². The van der Waals surface area contributed by atoms with Crippen LogP contribution in [0.1, 0.15) is 5.56 Å². The van der Waals surface area contributed by atoms with Gasteiger partial charge in [0.05, 0.1) is 7.11 Å². The molecule has 0 amide bonds. The Balaban J connectivity index is 1.64. The monoisotopic (exact) mass is 383 g/mol. The molecule has 4 rings (SSSR count). The zero-order chi connectivity index (χ0) is 19.9. The summed E-state index contributed by atoms with van der Waals surface area (Å²) in [5.41, 5.74) is 2.92. The Morgan fingerprint density at radius 1 is 0.862 bits per heavy atom. The number of nitrogens with one attached hydrogen (secondary N) is 2. The number of rotatable bonds is 7. The second kappa shape index (κ2) is 8.84. The number of hydrogen-bond donors (Lipinski definition) is 2. The molecule has 2 N–H and O–H groups in total. The van der Waals surface area contributed by atoms with Crippen LogP contribution in [0.4, 0.5) is 17.3 Å². The van der Waals surface area contributed by atoms with Gasteiger partial charge in [0, 0.05) is 42.3 Å². The number of anilines is 3. The summed E-state index contributed by atoms with van der Waals surface area (Å²) in [5, 5.41) is 6.71. The number of benzene rings is 2. The number of aromatic nitrogens is 3. The van der Waals surface area contributed by atoms with Gasteiger partial charge in [-0.3, -0.25) is 4.98 Å². The number of pyridine rings is 1. The molecule has 6 nitrogen and oxygen atoms in total.